The largest absolute Gasteiger partial charge is 0.488 e. The standard InChI is InChI=1S/C29H23BrN2O3/c1-19-5-4-6-21(15-19)17-32-28(33)26(31-29(32)34)16-25-24-8-3-2-7-22(24)11-14-27(25)35-18-20-9-12-23(30)13-10-20/h2-16H,17-18H2,1H3,(H,31,34)/b26-16+. The number of nitrogens with zero attached hydrogens (tertiary/aromatic N) is 1. The second-order valence-electron chi connectivity index (χ2n) is 8.48. The first kappa shape index (κ1) is 22.9. The van der Waals surface area contributed by atoms with Crippen LogP contribution in [0.1, 0.15) is 22.3 Å². The van der Waals surface area contributed by atoms with Crippen molar-refractivity contribution >= 4 is 44.7 Å². The Kier molecular flexibility index (Phi) is 6.38. The number of carbonyl (C=O) groups is 2. The molecule has 1 N–H and O–H groups in total. The van der Waals surface area contributed by atoms with Gasteiger partial charge in [-0.3, -0.25) is 9.69 Å². The third-order valence-electron chi connectivity index (χ3n) is 5.91. The first-order valence-electron chi connectivity index (χ1n) is 11.3. The number of aryl methyl sites for hydroxylation is 1. The quantitative estimate of drug-likeness (QED) is 0.228. The van der Waals surface area contributed by atoms with Crippen molar-refractivity contribution in [2.75, 3.05) is 0 Å². The maximum atomic E-state index is 13.2. The van der Waals surface area contributed by atoms with E-state index in [-0.39, 0.29) is 18.1 Å². The molecule has 0 aromatic heterocycles. The smallest absolute Gasteiger partial charge is 0.329 e. The summed E-state index contributed by atoms with van der Waals surface area (Å²) < 4.78 is 7.18. The van der Waals surface area contributed by atoms with Gasteiger partial charge in [0.25, 0.3) is 5.91 Å². The van der Waals surface area contributed by atoms with E-state index in [9.17, 15) is 9.59 Å². The van der Waals surface area contributed by atoms with Gasteiger partial charge in [-0.2, -0.15) is 0 Å². The Hall–Kier alpha value is -3.90. The number of urea groups is 1. The van der Waals surface area contributed by atoms with Gasteiger partial charge in [0, 0.05) is 10.0 Å². The Balaban J connectivity index is 1.47. The van der Waals surface area contributed by atoms with Gasteiger partial charge < -0.3 is 10.1 Å². The van der Waals surface area contributed by atoms with E-state index in [4.69, 9.17) is 4.74 Å². The van der Waals surface area contributed by atoms with Crippen LogP contribution in [0, 0.1) is 6.92 Å². The molecule has 1 aliphatic rings. The molecule has 1 aliphatic heterocycles. The van der Waals surface area contributed by atoms with Gasteiger partial charge in [-0.1, -0.05) is 88.2 Å². The van der Waals surface area contributed by atoms with Crippen molar-refractivity contribution in [1.29, 1.82) is 0 Å². The molecule has 5 nitrogen and oxygen atoms in total. The minimum Gasteiger partial charge on any atom is -0.488 e. The van der Waals surface area contributed by atoms with Crippen molar-refractivity contribution in [3.63, 3.8) is 0 Å². The number of benzene rings is 4. The third kappa shape index (κ3) is 4.98. The zero-order valence-electron chi connectivity index (χ0n) is 19.1. The number of hydrogen-bond donors (Lipinski definition) is 1. The van der Waals surface area contributed by atoms with Crippen LogP contribution < -0.4 is 10.1 Å². The molecule has 1 saturated heterocycles. The molecular weight excluding hydrogens is 504 g/mol. The fourth-order valence-electron chi connectivity index (χ4n) is 4.14. The first-order chi connectivity index (χ1) is 17.0. The molecule has 35 heavy (non-hydrogen) atoms. The second-order valence-corrected chi connectivity index (χ2v) is 9.40. The van der Waals surface area contributed by atoms with Crippen LogP contribution in [-0.4, -0.2) is 16.8 Å². The van der Waals surface area contributed by atoms with Gasteiger partial charge in [-0.25, -0.2) is 4.79 Å². The summed E-state index contributed by atoms with van der Waals surface area (Å²) >= 11 is 3.45. The summed E-state index contributed by atoms with van der Waals surface area (Å²) in [4.78, 5) is 27.1. The maximum Gasteiger partial charge on any atom is 0.329 e. The zero-order valence-corrected chi connectivity index (χ0v) is 20.7. The second kappa shape index (κ2) is 9.76. The van der Waals surface area contributed by atoms with Gasteiger partial charge in [-0.15, -0.1) is 0 Å². The normalized spacial score (nSPS) is 14.6. The highest BCUT2D eigenvalue weighted by Gasteiger charge is 2.33. The SMILES string of the molecule is Cc1cccc(CN2C(=O)N/C(=C/c3c(OCc4ccc(Br)cc4)ccc4ccccc34)C2=O)c1. The molecule has 0 saturated carbocycles. The summed E-state index contributed by atoms with van der Waals surface area (Å²) in [6.07, 6.45) is 1.72. The molecule has 5 rings (SSSR count). The van der Waals surface area contributed by atoms with E-state index in [0.717, 1.165) is 37.5 Å². The van der Waals surface area contributed by atoms with Crippen LogP contribution in [0.4, 0.5) is 4.79 Å². The molecule has 0 unspecified atom stereocenters. The fourth-order valence-corrected chi connectivity index (χ4v) is 4.41. The summed E-state index contributed by atoms with van der Waals surface area (Å²) in [7, 11) is 0. The van der Waals surface area contributed by atoms with Crippen molar-refractivity contribution in [2.24, 2.45) is 0 Å². The van der Waals surface area contributed by atoms with Gasteiger partial charge in [-0.05, 0) is 53.1 Å². The summed E-state index contributed by atoms with van der Waals surface area (Å²) in [5.74, 6) is 0.279. The molecule has 6 heteroatoms. The summed E-state index contributed by atoms with van der Waals surface area (Å²) in [5, 5.41) is 4.70. The van der Waals surface area contributed by atoms with Crippen molar-refractivity contribution in [3.05, 3.63) is 117 Å². The molecule has 174 valence electrons. The highest BCUT2D eigenvalue weighted by atomic mass is 79.9. The van der Waals surface area contributed by atoms with Gasteiger partial charge in [0.2, 0.25) is 0 Å². The van der Waals surface area contributed by atoms with Crippen molar-refractivity contribution in [2.45, 2.75) is 20.1 Å². The number of hydrogen-bond acceptors (Lipinski definition) is 3. The lowest BCUT2D eigenvalue weighted by molar-refractivity contribution is -0.123. The predicted octanol–water partition coefficient (Wildman–Crippen LogP) is 6.58. The van der Waals surface area contributed by atoms with Crippen molar-refractivity contribution < 1.29 is 14.3 Å². The molecule has 1 fully saturated rings. The fraction of sp³-hybridized carbons (Fsp3) is 0.103. The van der Waals surface area contributed by atoms with Crippen LogP contribution >= 0.6 is 15.9 Å². The summed E-state index contributed by atoms with van der Waals surface area (Å²) in [6.45, 7) is 2.57. The number of fused-ring (bicyclic) bond motifs is 1. The number of imide groups is 1. The van der Waals surface area contributed by atoms with Gasteiger partial charge in [0.1, 0.15) is 18.1 Å². The average Bonchev–Trinajstić information content (AvgIpc) is 3.12. The van der Waals surface area contributed by atoms with Crippen LogP contribution in [0.3, 0.4) is 0 Å². The number of nitrogens with one attached hydrogen (secondary N) is 1. The van der Waals surface area contributed by atoms with Crippen molar-refractivity contribution in [3.8, 4) is 5.75 Å². The highest BCUT2D eigenvalue weighted by Crippen LogP contribution is 2.32. The highest BCUT2D eigenvalue weighted by molar-refractivity contribution is 9.10. The molecule has 0 bridgehead atoms. The Morgan fingerprint density at radius 3 is 2.51 bits per heavy atom. The van der Waals surface area contributed by atoms with Crippen LogP contribution in [-0.2, 0) is 17.9 Å². The van der Waals surface area contributed by atoms with E-state index in [1.807, 2.05) is 91.9 Å². The van der Waals surface area contributed by atoms with Crippen LogP contribution in [0.2, 0.25) is 0 Å². The maximum absolute atomic E-state index is 13.2. The van der Waals surface area contributed by atoms with Crippen LogP contribution in [0.5, 0.6) is 5.75 Å². The van der Waals surface area contributed by atoms with E-state index in [1.54, 1.807) is 6.08 Å². The van der Waals surface area contributed by atoms with E-state index < -0.39 is 6.03 Å². The van der Waals surface area contributed by atoms with Crippen LogP contribution in [0.25, 0.3) is 16.8 Å². The van der Waals surface area contributed by atoms with Crippen LogP contribution in [0.15, 0.2) is 95.1 Å². The van der Waals surface area contributed by atoms with Crippen molar-refractivity contribution in [1.82, 2.24) is 10.2 Å². The third-order valence-corrected chi connectivity index (χ3v) is 6.44. The predicted molar refractivity (Wildman–Crippen MR) is 141 cm³/mol. The molecule has 0 atom stereocenters. The Bertz CT molecular complexity index is 1460. The molecule has 0 aliphatic carbocycles. The number of rotatable bonds is 6. The Morgan fingerprint density at radius 2 is 1.71 bits per heavy atom. The lowest BCUT2D eigenvalue weighted by atomic mass is 10.0. The Morgan fingerprint density at radius 1 is 0.914 bits per heavy atom. The van der Waals surface area contributed by atoms with E-state index in [0.29, 0.717) is 12.4 Å². The van der Waals surface area contributed by atoms with Gasteiger partial charge >= 0.3 is 6.03 Å². The molecule has 1 heterocycles. The number of ether oxygens (including phenoxy) is 1. The minimum atomic E-state index is -0.430. The van der Waals surface area contributed by atoms with E-state index in [1.165, 1.54) is 4.90 Å². The van der Waals surface area contributed by atoms with Gasteiger partial charge in [0.15, 0.2) is 0 Å². The zero-order chi connectivity index (χ0) is 24.4. The molecule has 0 radical (unpaired) electrons. The number of carbonyl (C=O) groups excluding carboxylic acids is 2. The molecule has 4 aromatic rings. The lowest BCUT2D eigenvalue weighted by Gasteiger charge is -2.13. The molecular formula is C29H23BrN2O3. The average molecular weight is 527 g/mol. The molecule has 4 aromatic carbocycles. The lowest BCUT2D eigenvalue weighted by Crippen LogP contribution is -2.30. The van der Waals surface area contributed by atoms with E-state index in [2.05, 4.69) is 21.2 Å². The topological polar surface area (TPSA) is 58.6 Å². The molecule has 0 spiro atoms. The summed E-state index contributed by atoms with van der Waals surface area (Å²) in [5.41, 5.74) is 3.98. The monoisotopic (exact) mass is 526 g/mol. The number of halogens is 1. The number of amides is 3. The minimum absolute atomic E-state index is 0.214. The first-order valence-corrected chi connectivity index (χ1v) is 12.1. The molecule has 3 amide bonds. The van der Waals surface area contributed by atoms with E-state index >= 15 is 0 Å². The summed E-state index contributed by atoms with van der Waals surface area (Å²) in [6, 6.07) is 27.1. The van der Waals surface area contributed by atoms with Gasteiger partial charge in [0.05, 0.1) is 6.54 Å². The Labute approximate surface area is 212 Å².